The Bertz CT molecular complexity index is 310. The molecule has 0 saturated heterocycles. The molecule has 0 aliphatic heterocycles. The minimum atomic E-state index is -0.173. The molecule has 0 bridgehead atoms. The number of hydrogen-bond donors (Lipinski definition) is 1. The van der Waals surface area contributed by atoms with Crippen molar-refractivity contribution in [2.75, 3.05) is 5.33 Å². The van der Waals surface area contributed by atoms with Gasteiger partial charge in [0.05, 0.1) is 6.26 Å². The number of hydrogen-bond acceptors (Lipinski definition) is 2. The van der Waals surface area contributed by atoms with Crippen LogP contribution in [0.2, 0.25) is 0 Å². The highest BCUT2D eigenvalue weighted by Crippen LogP contribution is 2.16. The minimum Gasteiger partial charge on any atom is -0.459 e. The van der Waals surface area contributed by atoms with Crippen LogP contribution in [0.15, 0.2) is 22.8 Å². The quantitative estimate of drug-likeness (QED) is 0.839. The van der Waals surface area contributed by atoms with Crippen LogP contribution < -0.4 is 5.32 Å². The third-order valence-electron chi connectivity index (χ3n) is 2.59. The molecule has 1 aromatic heterocycles. The van der Waals surface area contributed by atoms with Gasteiger partial charge >= 0.3 is 0 Å². The number of rotatable bonds is 5. The average Bonchev–Trinajstić information content (AvgIpc) is 2.71. The van der Waals surface area contributed by atoms with E-state index in [2.05, 4.69) is 28.2 Å². The van der Waals surface area contributed by atoms with Gasteiger partial charge < -0.3 is 9.73 Å². The smallest absolute Gasteiger partial charge is 0.287 e. The van der Waals surface area contributed by atoms with Gasteiger partial charge in [-0.2, -0.15) is 0 Å². The molecular formula is C11H16BrNO2. The zero-order valence-corrected chi connectivity index (χ0v) is 10.6. The molecule has 0 aliphatic carbocycles. The summed E-state index contributed by atoms with van der Waals surface area (Å²) in [4.78, 5) is 11.7. The molecule has 4 heteroatoms. The summed E-state index contributed by atoms with van der Waals surface area (Å²) in [6, 6.07) is 3.38. The summed E-state index contributed by atoms with van der Waals surface area (Å²) >= 11 is 3.39. The molecule has 0 saturated carbocycles. The number of furan rings is 1. The van der Waals surface area contributed by atoms with E-state index in [1.165, 1.54) is 6.26 Å². The van der Waals surface area contributed by atoms with Crippen molar-refractivity contribution in [3.8, 4) is 0 Å². The molecule has 1 rings (SSSR count). The van der Waals surface area contributed by atoms with Gasteiger partial charge in [0.15, 0.2) is 5.76 Å². The fourth-order valence-corrected chi connectivity index (χ4v) is 2.15. The molecule has 84 valence electrons. The van der Waals surface area contributed by atoms with Crippen molar-refractivity contribution in [1.82, 2.24) is 5.32 Å². The Balaban J connectivity index is 2.63. The number of carbonyl (C=O) groups excluding carboxylic acids is 1. The molecule has 1 amide bonds. The second-order valence-electron chi connectivity index (χ2n) is 3.78. The van der Waals surface area contributed by atoms with E-state index in [1.807, 2.05) is 6.92 Å². The van der Waals surface area contributed by atoms with Gasteiger partial charge in [-0.25, -0.2) is 0 Å². The number of alkyl halides is 1. The molecule has 0 radical (unpaired) electrons. The van der Waals surface area contributed by atoms with Crippen molar-refractivity contribution in [3.63, 3.8) is 0 Å². The van der Waals surface area contributed by atoms with Gasteiger partial charge in [0.2, 0.25) is 0 Å². The summed E-state index contributed by atoms with van der Waals surface area (Å²) in [5.74, 6) is 0.217. The molecule has 15 heavy (non-hydrogen) atoms. The number of halogens is 1. The van der Waals surface area contributed by atoms with Gasteiger partial charge in [0.1, 0.15) is 0 Å². The Hall–Kier alpha value is -0.770. The summed E-state index contributed by atoms with van der Waals surface area (Å²) in [7, 11) is 0. The van der Waals surface area contributed by atoms with E-state index in [0.29, 0.717) is 5.76 Å². The predicted molar refractivity (Wildman–Crippen MR) is 63.3 cm³/mol. The van der Waals surface area contributed by atoms with Crippen molar-refractivity contribution in [3.05, 3.63) is 24.2 Å². The molecule has 1 aromatic rings. The Morgan fingerprint density at radius 2 is 2.40 bits per heavy atom. The lowest BCUT2D eigenvalue weighted by atomic mass is 9.95. The highest BCUT2D eigenvalue weighted by Gasteiger charge is 2.24. The Morgan fingerprint density at radius 3 is 2.87 bits per heavy atom. The number of nitrogens with one attached hydrogen (secondary N) is 1. The molecule has 1 N–H and O–H groups in total. The van der Waals surface area contributed by atoms with E-state index in [0.717, 1.165) is 18.2 Å². The molecule has 0 fully saturated rings. The van der Waals surface area contributed by atoms with E-state index in [4.69, 9.17) is 4.42 Å². The third kappa shape index (κ3) is 3.38. The normalized spacial score (nSPS) is 14.6. The minimum absolute atomic E-state index is 0.148. The highest BCUT2D eigenvalue weighted by molar-refractivity contribution is 9.09. The van der Waals surface area contributed by atoms with E-state index in [9.17, 15) is 4.79 Å². The van der Waals surface area contributed by atoms with Crippen molar-refractivity contribution >= 4 is 21.8 Å². The van der Waals surface area contributed by atoms with Crippen LogP contribution in [0.4, 0.5) is 0 Å². The van der Waals surface area contributed by atoms with E-state index in [1.54, 1.807) is 12.1 Å². The van der Waals surface area contributed by atoms with Gasteiger partial charge in [-0.15, -0.1) is 0 Å². The van der Waals surface area contributed by atoms with Gasteiger partial charge in [-0.05, 0) is 31.9 Å². The van der Waals surface area contributed by atoms with Gasteiger partial charge in [0, 0.05) is 10.9 Å². The molecule has 0 aliphatic rings. The van der Waals surface area contributed by atoms with Crippen molar-refractivity contribution in [2.45, 2.75) is 32.2 Å². The zero-order chi connectivity index (χ0) is 11.3. The topological polar surface area (TPSA) is 42.2 Å². The maximum absolute atomic E-state index is 11.7. The zero-order valence-electron chi connectivity index (χ0n) is 9.05. The van der Waals surface area contributed by atoms with Gasteiger partial charge in [0.25, 0.3) is 5.91 Å². The van der Waals surface area contributed by atoms with E-state index >= 15 is 0 Å². The van der Waals surface area contributed by atoms with Crippen LogP contribution in [-0.4, -0.2) is 16.8 Å². The summed E-state index contributed by atoms with van der Waals surface area (Å²) in [6.45, 7) is 4.10. The molecule has 1 atom stereocenters. The first kappa shape index (κ1) is 12.3. The van der Waals surface area contributed by atoms with Gasteiger partial charge in [-0.1, -0.05) is 22.9 Å². The maximum atomic E-state index is 11.7. The standard InChI is InChI=1S/C11H16BrNO2/c1-3-11(2,6-7-12)13-10(14)9-5-4-8-15-9/h4-5,8H,3,6-7H2,1-2H3,(H,13,14). The van der Waals surface area contributed by atoms with Crippen molar-refractivity contribution in [1.29, 1.82) is 0 Å². The Morgan fingerprint density at radius 1 is 1.67 bits per heavy atom. The van der Waals surface area contributed by atoms with Crippen LogP contribution in [0.1, 0.15) is 37.2 Å². The number of carbonyl (C=O) groups is 1. The van der Waals surface area contributed by atoms with Gasteiger partial charge in [-0.3, -0.25) is 4.79 Å². The maximum Gasteiger partial charge on any atom is 0.287 e. The van der Waals surface area contributed by atoms with Crippen molar-refractivity contribution < 1.29 is 9.21 Å². The molecule has 1 heterocycles. The average molecular weight is 274 g/mol. The third-order valence-corrected chi connectivity index (χ3v) is 2.98. The van der Waals surface area contributed by atoms with Crippen LogP contribution in [0.5, 0.6) is 0 Å². The largest absolute Gasteiger partial charge is 0.459 e. The monoisotopic (exact) mass is 273 g/mol. The first-order chi connectivity index (χ1) is 7.11. The summed E-state index contributed by atoms with van der Waals surface area (Å²) < 4.78 is 5.04. The summed E-state index contributed by atoms with van der Waals surface area (Å²) in [5.41, 5.74) is -0.173. The Kier molecular flexibility index (Phi) is 4.39. The van der Waals surface area contributed by atoms with Crippen LogP contribution >= 0.6 is 15.9 Å². The molecule has 3 nitrogen and oxygen atoms in total. The second kappa shape index (κ2) is 5.35. The highest BCUT2D eigenvalue weighted by atomic mass is 79.9. The van der Waals surface area contributed by atoms with Crippen LogP contribution in [0.3, 0.4) is 0 Å². The lowest BCUT2D eigenvalue weighted by molar-refractivity contribution is 0.0873. The fraction of sp³-hybridized carbons (Fsp3) is 0.545. The second-order valence-corrected chi connectivity index (χ2v) is 4.58. The number of amides is 1. The summed E-state index contributed by atoms with van der Waals surface area (Å²) in [5, 5.41) is 3.85. The molecular weight excluding hydrogens is 258 g/mol. The molecule has 0 spiro atoms. The predicted octanol–water partition coefficient (Wildman–Crippen LogP) is 2.96. The van der Waals surface area contributed by atoms with Crippen LogP contribution in [0, 0.1) is 0 Å². The lowest BCUT2D eigenvalue weighted by Gasteiger charge is -2.28. The Labute approximate surface area is 98.4 Å². The first-order valence-corrected chi connectivity index (χ1v) is 6.15. The molecule has 0 aromatic carbocycles. The van der Waals surface area contributed by atoms with Crippen LogP contribution in [0.25, 0.3) is 0 Å². The van der Waals surface area contributed by atoms with E-state index in [-0.39, 0.29) is 11.4 Å². The van der Waals surface area contributed by atoms with E-state index < -0.39 is 0 Å². The van der Waals surface area contributed by atoms with Crippen molar-refractivity contribution in [2.24, 2.45) is 0 Å². The van der Waals surface area contributed by atoms with Crippen LogP contribution in [-0.2, 0) is 0 Å². The summed E-state index contributed by atoms with van der Waals surface area (Å²) in [6.07, 6.45) is 3.30. The molecule has 1 unspecified atom stereocenters. The fourth-order valence-electron chi connectivity index (χ4n) is 1.28. The first-order valence-electron chi connectivity index (χ1n) is 5.03. The SMILES string of the molecule is CCC(C)(CCBr)NC(=O)c1ccco1. The lowest BCUT2D eigenvalue weighted by Crippen LogP contribution is -2.45.